The summed E-state index contributed by atoms with van der Waals surface area (Å²) in [7, 11) is 0. The van der Waals surface area contributed by atoms with Crippen LogP contribution in [0.1, 0.15) is 26.7 Å². The van der Waals surface area contributed by atoms with Crippen molar-refractivity contribution in [3.8, 4) is 0 Å². The zero-order valence-corrected chi connectivity index (χ0v) is 11.3. The minimum Gasteiger partial charge on any atom is -0.481 e. The van der Waals surface area contributed by atoms with Gasteiger partial charge in [-0.15, -0.1) is 0 Å². The van der Waals surface area contributed by atoms with Crippen LogP contribution in [-0.2, 0) is 9.59 Å². The third-order valence-electron chi connectivity index (χ3n) is 3.26. The van der Waals surface area contributed by atoms with Gasteiger partial charge >= 0.3 is 12.0 Å². The summed E-state index contributed by atoms with van der Waals surface area (Å²) in [6.45, 7) is 4.47. The summed E-state index contributed by atoms with van der Waals surface area (Å²) in [4.78, 5) is 35.1. The molecule has 1 aliphatic rings. The van der Waals surface area contributed by atoms with E-state index in [9.17, 15) is 14.4 Å². The van der Waals surface area contributed by atoms with Crippen molar-refractivity contribution in [1.29, 1.82) is 0 Å². The fourth-order valence-corrected chi connectivity index (χ4v) is 2.21. The maximum atomic E-state index is 11.9. The highest BCUT2D eigenvalue weighted by Gasteiger charge is 2.31. The molecule has 1 aliphatic heterocycles. The lowest BCUT2D eigenvalue weighted by atomic mass is 9.92. The topological polar surface area (TPSA) is 98.7 Å². The van der Waals surface area contributed by atoms with Crippen LogP contribution in [0.3, 0.4) is 0 Å². The molecule has 2 atom stereocenters. The first-order valence-electron chi connectivity index (χ1n) is 6.43. The van der Waals surface area contributed by atoms with Crippen LogP contribution in [0, 0.1) is 5.92 Å². The van der Waals surface area contributed by atoms with Crippen molar-refractivity contribution >= 4 is 17.9 Å². The van der Waals surface area contributed by atoms with Crippen molar-refractivity contribution in [2.75, 3.05) is 19.6 Å². The number of hydrogen-bond acceptors (Lipinski definition) is 3. The molecule has 0 saturated carbocycles. The fourth-order valence-electron chi connectivity index (χ4n) is 2.21. The van der Waals surface area contributed by atoms with E-state index in [4.69, 9.17) is 5.11 Å². The van der Waals surface area contributed by atoms with Gasteiger partial charge < -0.3 is 20.6 Å². The molecule has 108 valence electrons. The van der Waals surface area contributed by atoms with Crippen molar-refractivity contribution in [1.82, 2.24) is 15.5 Å². The molecule has 0 aromatic rings. The number of likely N-dealkylation sites (tertiary alicyclic amines) is 1. The van der Waals surface area contributed by atoms with Crippen LogP contribution in [0.5, 0.6) is 0 Å². The number of urea groups is 1. The summed E-state index contributed by atoms with van der Waals surface area (Å²) < 4.78 is 0. The molecule has 7 nitrogen and oxygen atoms in total. The largest absolute Gasteiger partial charge is 0.481 e. The molecule has 7 heteroatoms. The van der Waals surface area contributed by atoms with E-state index in [1.54, 1.807) is 4.90 Å². The summed E-state index contributed by atoms with van der Waals surface area (Å²) in [5.74, 6) is -1.29. The predicted octanol–water partition coefficient (Wildman–Crippen LogP) is 0.0172. The maximum absolute atomic E-state index is 11.9. The molecule has 1 fully saturated rings. The quantitative estimate of drug-likeness (QED) is 0.628. The highest BCUT2D eigenvalue weighted by atomic mass is 16.4. The van der Waals surface area contributed by atoms with Crippen molar-refractivity contribution in [3.63, 3.8) is 0 Å². The van der Waals surface area contributed by atoms with Gasteiger partial charge in [0.1, 0.15) is 0 Å². The molecule has 1 saturated heterocycles. The Labute approximate surface area is 112 Å². The van der Waals surface area contributed by atoms with E-state index in [1.165, 1.54) is 6.92 Å². The summed E-state index contributed by atoms with van der Waals surface area (Å²) in [5.41, 5.74) is 0. The van der Waals surface area contributed by atoms with Crippen LogP contribution in [0.25, 0.3) is 0 Å². The second kappa shape index (κ2) is 6.96. The molecule has 1 heterocycles. The molecular weight excluding hydrogens is 250 g/mol. The number of nitrogens with zero attached hydrogens (tertiary/aromatic N) is 1. The number of rotatable bonds is 4. The van der Waals surface area contributed by atoms with Gasteiger partial charge in [0.25, 0.3) is 0 Å². The van der Waals surface area contributed by atoms with E-state index in [0.717, 1.165) is 0 Å². The molecule has 19 heavy (non-hydrogen) atoms. The number of hydrogen-bond donors (Lipinski definition) is 3. The fraction of sp³-hybridized carbons (Fsp3) is 0.750. The van der Waals surface area contributed by atoms with Crippen LogP contribution in [-0.4, -0.2) is 53.6 Å². The minimum absolute atomic E-state index is 0.0874. The van der Waals surface area contributed by atoms with E-state index < -0.39 is 5.97 Å². The van der Waals surface area contributed by atoms with E-state index in [-0.39, 0.29) is 23.9 Å². The third kappa shape index (κ3) is 4.76. The van der Waals surface area contributed by atoms with Crippen molar-refractivity contribution in [3.05, 3.63) is 0 Å². The molecule has 3 amide bonds. The number of aliphatic carboxylic acids is 1. The lowest BCUT2D eigenvalue weighted by molar-refractivity contribution is -0.143. The normalized spacial score (nSPS) is 22.7. The number of carbonyl (C=O) groups excluding carboxylic acids is 2. The van der Waals surface area contributed by atoms with E-state index in [0.29, 0.717) is 32.5 Å². The number of carboxylic acids is 1. The average Bonchev–Trinajstić information content (AvgIpc) is 2.33. The van der Waals surface area contributed by atoms with Crippen LogP contribution in [0.2, 0.25) is 0 Å². The molecule has 0 aromatic carbocycles. The smallest absolute Gasteiger partial charge is 0.317 e. The predicted molar refractivity (Wildman–Crippen MR) is 68.6 cm³/mol. The first-order valence-corrected chi connectivity index (χ1v) is 6.43. The Morgan fingerprint density at radius 1 is 1.26 bits per heavy atom. The molecule has 2 unspecified atom stereocenters. The number of carboxylic acid groups (broad SMARTS) is 1. The van der Waals surface area contributed by atoms with Crippen molar-refractivity contribution in [2.24, 2.45) is 5.92 Å². The van der Waals surface area contributed by atoms with E-state index >= 15 is 0 Å². The highest BCUT2D eigenvalue weighted by molar-refractivity contribution is 5.76. The van der Waals surface area contributed by atoms with Crippen molar-refractivity contribution in [2.45, 2.75) is 32.7 Å². The second-order valence-corrected chi connectivity index (χ2v) is 4.82. The van der Waals surface area contributed by atoms with E-state index in [1.807, 2.05) is 6.92 Å². The van der Waals surface area contributed by atoms with Crippen molar-refractivity contribution < 1.29 is 19.5 Å². The Kier molecular flexibility index (Phi) is 5.59. The second-order valence-electron chi connectivity index (χ2n) is 4.82. The maximum Gasteiger partial charge on any atom is 0.317 e. The molecule has 0 aliphatic carbocycles. The van der Waals surface area contributed by atoms with E-state index in [2.05, 4.69) is 10.6 Å². The molecular formula is C12H21N3O4. The highest BCUT2D eigenvalue weighted by Crippen LogP contribution is 2.22. The van der Waals surface area contributed by atoms with Crippen LogP contribution in [0.4, 0.5) is 4.79 Å². The summed E-state index contributed by atoms with van der Waals surface area (Å²) in [6, 6.07) is -0.294. The molecule has 3 N–H and O–H groups in total. The molecule has 0 aromatic heterocycles. The first kappa shape index (κ1) is 15.3. The third-order valence-corrected chi connectivity index (χ3v) is 3.26. The lowest BCUT2D eigenvalue weighted by Crippen LogP contribution is -2.51. The van der Waals surface area contributed by atoms with Gasteiger partial charge in [0.15, 0.2) is 0 Å². The van der Waals surface area contributed by atoms with Crippen LogP contribution in [0.15, 0.2) is 0 Å². The van der Waals surface area contributed by atoms with Gasteiger partial charge in [-0.2, -0.15) is 0 Å². The first-order chi connectivity index (χ1) is 8.91. The SMILES string of the molecule is CC(=O)NCCNC(=O)N1CCC(C(=O)O)CC1C. The van der Waals surface area contributed by atoms with Gasteiger partial charge in [0.2, 0.25) is 5.91 Å². The number of amides is 3. The Morgan fingerprint density at radius 2 is 1.89 bits per heavy atom. The zero-order chi connectivity index (χ0) is 14.4. The van der Waals surface area contributed by atoms with Gasteiger partial charge in [-0.3, -0.25) is 9.59 Å². The number of carbonyl (C=O) groups is 3. The number of piperidine rings is 1. The molecule has 0 radical (unpaired) electrons. The Morgan fingerprint density at radius 3 is 2.42 bits per heavy atom. The monoisotopic (exact) mass is 271 g/mol. The molecule has 0 spiro atoms. The van der Waals surface area contributed by atoms with Gasteiger partial charge in [0, 0.05) is 32.6 Å². The minimum atomic E-state index is -0.794. The average molecular weight is 271 g/mol. The zero-order valence-electron chi connectivity index (χ0n) is 11.3. The Bertz CT molecular complexity index is 359. The Balaban J connectivity index is 2.33. The van der Waals surface area contributed by atoms with Gasteiger partial charge in [-0.1, -0.05) is 0 Å². The van der Waals surface area contributed by atoms with Crippen LogP contribution < -0.4 is 10.6 Å². The van der Waals surface area contributed by atoms with Gasteiger partial charge in [-0.25, -0.2) is 4.79 Å². The summed E-state index contributed by atoms with van der Waals surface area (Å²) in [5, 5.41) is 14.2. The summed E-state index contributed by atoms with van der Waals surface area (Å²) in [6.07, 6.45) is 0.966. The van der Waals surface area contributed by atoms with Gasteiger partial charge in [0.05, 0.1) is 5.92 Å². The summed E-state index contributed by atoms with van der Waals surface area (Å²) >= 11 is 0. The molecule has 0 bridgehead atoms. The molecule has 1 rings (SSSR count). The van der Waals surface area contributed by atoms with Crippen LogP contribution >= 0.6 is 0 Å². The van der Waals surface area contributed by atoms with Gasteiger partial charge in [-0.05, 0) is 19.8 Å². The Hall–Kier alpha value is -1.79. The number of nitrogens with one attached hydrogen (secondary N) is 2. The lowest BCUT2D eigenvalue weighted by Gasteiger charge is -2.36. The standard InChI is InChI=1S/C12H21N3O4/c1-8-7-10(11(17)18)3-6-15(8)12(19)14-5-4-13-9(2)16/h8,10H,3-7H2,1-2H3,(H,13,16)(H,14,19)(H,17,18).